The number of ether oxygens (including phenoxy) is 1. The number of fused-ring (bicyclic) bond motifs is 1. The fraction of sp³-hybridized carbons (Fsp3) is 0.174. The average molecular weight is 453 g/mol. The lowest BCUT2D eigenvalue weighted by atomic mass is 10.1. The zero-order valence-electron chi connectivity index (χ0n) is 17.6. The number of benzene rings is 2. The van der Waals surface area contributed by atoms with Crippen LogP contribution in [0.25, 0.3) is 15.9 Å². The van der Waals surface area contributed by atoms with Crippen molar-refractivity contribution in [1.29, 1.82) is 0 Å². The summed E-state index contributed by atoms with van der Waals surface area (Å²) in [6, 6.07) is 11.0. The van der Waals surface area contributed by atoms with Gasteiger partial charge in [0.25, 0.3) is 5.56 Å². The Bertz CT molecular complexity index is 1470. The van der Waals surface area contributed by atoms with Gasteiger partial charge in [0, 0.05) is 11.8 Å². The van der Waals surface area contributed by atoms with E-state index in [1.54, 1.807) is 23.6 Å². The summed E-state index contributed by atoms with van der Waals surface area (Å²) in [6.45, 7) is 3.49. The topological polar surface area (TPSA) is 82.3 Å². The van der Waals surface area contributed by atoms with Crippen LogP contribution in [0.15, 0.2) is 57.4 Å². The quantitative estimate of drug-likeness (QED) is 0.501. The molecule has 0 aliphatic rings. The normalized spacial score (nSPS) is 11.0. The number of thiophene rings is 1. The predicted octanol–water partition coefficient (Wildman–Crippen LogP) is 3.62. The van der Waals surface area contributed by atoms with Crippen LogP contribution in [0.4, 0.5) is 10.1 Å². The molecule has 164 valence electrons. The van der Waals surface area contributed by atoms with Crippen molar-refractivity contribution in [3.63, 3.8) is 0 Å². The standard InChI is InChI=1S/C23H20FN3O4S/c1-13-4-6-16(10-14(13)2)27-22(29)21-18(8-9-32-21)26(23(27)30)12-20(28)25-15-5-7-19(31-3)17(24)11-15/h4-11H,12H2,1-3H3,(H,25,28). The van der Waals surface area contributed by atoms with Gasteiger partial charge in [-0.05, 0) is 60.7 Å². The molecule has 1 amide bonds. The molecule has 0 atom stereocenters. The zero-order valence-corrected chi connectivity index (χ0v) is 18.5. The molecule has 0 saturated carbocycles. The number of nitrogens with zero attached hydrogens (tertiary/aromatic N) is 2. The Kier molecular flexibility index (Phi) is 5.67. The van der Waals surface area contributed by atoms with Gasteiger partial charge in [-0.25, -0.2) is 13.8 Å². The molecule has 0 spiro atoms. The zero-order chi connectivity index (χ0) is 23.0. The molecule has 0 aliphatic carbocycles. The third kappa shape index (κ3) is 3.82. The van der Waals surface area contributed by atoms with Crippen LogP contribution in [-0.4, -0.2) is 22.2 Å². The van der Waals surface area contributed by atoms with E-state index >= 15 is 0 Å². The number of hydrogen-bond acceptors (Lipinski definition) is 5. The first-order valence-corrected chi connectivity index (χ1v) is 10.6. The number of aryl methyl sites for hydroxylation is 2. The van der Waals surface area contributed by atoms with E-state index < -0.39 is 23.0 Å². The lowest BCUT2D eigenvalue weighted by Crippen LogP contribution is -2.40. The van der Waals surface area contributed by atoms with Crippen LogP contribution in [0.1, 0.15) is 11.1 Å². The average Bonchev–Trinajstić information content (AvgIpc) is 3.24. The van der Waals surface area contributed by atoms with Crippen molar-refractivity contribution in [2.24, 2.45) is 0 Å². The number of carbonyl (C=O) groups is 1. The minimum Gasteiger partial charge on any atom is -0.494 e. The Morgan fingerprint density at radius 2 is 1.88 bits per heavy atom. The molecular formula is C23H20FN3O4S. The van der Waals surface area contributed by atoms with Crippen molar-refractivity contribution in [3.8, 4) is 11.4 Å². The van der Waals surface area contributed by atoms with E-state index in [1.165, 1.54) is 35.1 Å². The number of carbonyl (C=O) groups excluding carboxylic acids is 1. The Balaban J connectivity index is 1.75. The van der Waals surface area contributed by atoms with Crippen molar-refractivity contribution in [2.45, 2.75) is 20.4 Å². The Morgan fingerprint density at radius 3 is 2.56 bits per heavy atom. The lowest BCUT2D eigenvalue weighted by molar-refractivity contribution is -0.116. The second-order valence-electron chi connectivity index (χ2n) is 7.31. The van der Waals surface area contributed by atoms with E-state index in [9.17, 15) is 18.8 Å². The highest BCUT2D eigenvalue weighted by molar-refractivity contribution is 7.17. The molecule has 7 nitrogen and oxygen atoms in total. The molecule has 0 fully saturated rings. The van der Waals surface area contributed by atoms with Gasteiger partial charge in [-0.2, -0.15) is 0 Å². The summed E-state index contributed by atoms with van der Waals surface area (Å²) in [6.07, 6.45) is 0. The van der Waals surface area contributed by atoms with Crippen molar-refractivity contribution < 1.29 is 13.9 Å². The van der Waals surface area contributed by atoms with Crippen molar-refractivity contribution in [1.82, 2.24) is 9.13 Å². The first-order valence-electron chi connectivity index (χ1n) is 9.74. The number of rotatable bonds is 5. The van der Waals surface area contributed by atoms with Gasteiger partial charge in [0.1, 0.15) is 11.2 Å². The summed E-state index contributed by atoms with van der Waals surface area (Å²) >= 11 is 1.20. The van der Waals surface area contributed by atoms with Crippen molar-refractivity contribution >= 4 is 33.1 Å². The lowest BCUT2D eigenvalue weighted by Gasteiger charge is -2.13. The number of aromatic nitrogens is 2. The Labute approximate surface area is 186 Å². The summed E-state index contributed by atoms with van der Waals surface area (Å²) in [4.78, 5) is 39.0. The predicted molar refractivity (Wildman–Crippen MR) is 123 cm³/mol. The van der Waals surface area contributed by atoms with E-state index in [2.05, 4.69) is 5.32 Å². The fourth-order valence-corrected chi connectivity index (χ4v) is 4.24. The summed E-state index contributed by atoms with van der Waals surface area (Å²) in [5.41, 5.74) is 1.95. The van der Waals surface area contributed by atoms with Crippen LogP contribution < -0.4 is 21.3 Å². The molecule has 32 heavy (non-hydrogen) atoms. The number of hydrogen-bond donors (Lipinski definition) is 1. The number of nitrogens with one attached hydrogen (secondary N) is 1. The van der Waals surface area contributed by atoms with Gasteiger partial charge in [0.05, 0.1) is 18.3 Å². The van der Waals surface area contributed by atoms with E-state index in [0.717, 1.165) is 21.8 Å². The summed E-state index contributed by atoms with van der Waals surface area (Å²) < 4.78 is 21.5. The maximum Gasteiger partial charge on any atom is 0.336 e. The molecule has 0 unspecified atom stereocenters. The monoisotopic (exact) mass is 453 g/mol. The Hall–Kier alpha value is -3.72. The maximum atomic E-state index is 13.9. The highest BCUT2D eigenvalue weighted by atomic mass is 32.1. The van der Waals surface area contributed by atoms with Crippen LogP contribution in [0, 0.1) is 19.7 Å². The summed E-state index contributed by atoms with van der Waals surface area (Å²) in [5.74, 6) is -1.10. The molecular weight excluding hydrogens is 433 g/mol. The number of anilines is 1. The smallest absolute Gasteiger partial charge is 0.336 e. The van der Waals surface area contributed by atoms with Gasteiger partial charge in [0.15, 0.2) is 11.6 Å². The SMILES string of the molecule is COc1ccc(NC(=O)Cn2c(=O)n(-c3ccc(C)c(C)c3)c(=O)c3sccc32)cc1F. The number of amides is 1. The molecule has 1 N–H and O–H groups in total. The van der Waals surface area contributed by atoms with Crippen molar-refractivity contribution in [3.05, 3.63) is 85.6 Å². The third-order valence-corrected chi connectivity index (χ3v) is 6.13. The van der Waals surface area contributed by atoms with E-state index in [1.807, 2.05) is 19.9 Å². The van der Waals surface area contributed by atoms with Gasteiger partial charge in [-0.15, -0.1) is 11.3 Å². The van der Waals surface area contributed by atoms with Crippen LogP contribution in [0.3, 0.4) is 0 Å². The molecule has 2 heterocycles. The summed E-state index contributed by atoms with van der Waals surface area (Å²) in [5, 5.41) is 4.28. The largest absolute Gasteiger partial charge is 0.494 e. The van der Waals surface area contributed by atoms with Crippen LogP contribution in [-0.2, 0) is 11.3 Å². The minimum atomic E-state index is -0.625. The molecule has 0 bridgehead atoms. The van der Waals surface area contributed by atoms with Crippen molar-refractivity contribution in [2.75, 3.05) is 12.4 Å². The number of methoxy groups -OCH3 is 1. The van der Waals surface area contributed by atoms with Crippen LogP contribution >= 0.6 is 11.3 Å². The minimum absolute atomic E-state index is 0.0552. The van der Waals surface area contributed by atoms with Gasteiger partial charge >= 0.3 is 5.69 Å². The Morgan fingerprint density at radius 1 is 1.09 bits per heavy atom. The first kappa shape index (κ1) is 21.5. The number of halogens is 1. The van der Waals surface area contributed by atoms with Gasteiger partial charge in [-0.3, -0.25) is 14.2 Å². The second kappa shape index (κ2) is 8.43. The van der Waals surface area contributed by atoms with E-state index in [4.69, 9.17) is 4.74 Å². The third-order valence-electron chi connectivity index (χ3n) is 5.24. The van der Waals surface area contributed by atoms with E-state index in [-0.39, 0.29) is 18.0 Å². The molecule has 9 heteroatoms. The molecule has 4 rings (SSSR count). The molecule has 4 aromatic rings. The van der Waals surface area contributed by atoms with Gasteiger partial charge < -0.3 is 10.1 Å². The molecule has 0 saturated heterocycles. The molecule has 2 aromatic carbocycles. The van der Waals surface area contributed by atoms with Crippen LogP contribution in [0.5, 0.6) is 5.75 Å². The first-order chi connectivity index (χ1) is 15.3. The van der Waals surface area contributed by atoms with Crippen LogP contribution in [0.2, 0.25) is 0 Å². The fourth-order valence-electron chi connectivity index (χ4n) is 3.42. The molecule has 2 aromatic heterocycles. The second-order valence-corrected chi connectivity index (χ2v) is 8.23. The summed E-state index contributed by atoms with van der Waals surface area (Å²) in [7, 11) is 1.35. The van der Waals surface area contributed by atoms with Gasteiger partial charge in [-0.1, -0.05) is 6.07 Å². The maximum absolute atomic E-state index is 13.9. The van der Waals surface area contributed by atoms with E-state index in [0.29, 0.717) is 15.9 Å². The molecule has 0 aliphatic heterocycles. The highest BCUT2D eigenvalue weighted by Gasteiger charge is 2.18. The highest BCUT2D eigenvalue weighted by Crippen LogP contribution is 2.21. The molecule has 0 radical (unpaired) electrons. The van der Waals surface area contributed by atoms with Gasteiger partial charge in [0.2, 0.25) is 5.91 Å².